The van der Waals surface area contributed by atoms with Gasteiger partial charge in [-0.1, -0.05) is 36.8 Å². The number of ether oxygens (including phenoxy) is 2. The number of aryl methyl sites for hydroxylation is 1. The number of hydrogen-bond donors (Lipinski definition) is 4. The third kappa shape index (κ3) is 7.34. The predicted molar refractivity (Wildman–Crippen MR) is 156 cm³/mol. The number of fused-ring (bicyclic) bond motifs is 1. The second-order valence-corrected chi connectivity index (χ2v) is 9.92. The van der Waals surface area contributed by atoms with Gasteiger partial charge in [-0.2, -0.15) is 0 Å². The number of carbonyl (C=O) groups excluding carboxylic acids is 2. The van der Waals surface area contributed by atoms with Gasteiger partial charge in [0.1, 0.15) is 29.0 Å². The Morgan fingerprint density at radius 2 is 1.62 bits per heavy atom. The fourth-order valence-corrected chi connectivity index (χ4v) is 4.81. The van der Waals surface area contributed by atoms with Crippen molar-refractivity contribution in [2.75, 3.05) is 20.8 Å². The van der Waals surface area contributed by atoms with Gasteiger partial charge in [-0.3, -0.25) is 9.59 Å². The number of unbranched alkanes of at least 4 members (excludes halogenated alkanes) is 2. The molecule has 1 atom stereocenters. The van der Waals surface area contributed by atoms with Crippen LogP contribution < -0.4 is 20.1 Å². The number of methoxy groups -OCH3 is 2. The summed E-state index contributed by atoms with van der Waals surface area (Å²) in [7, 11) is 3.33. The summed E-state index contributed by atoms with van der Waals surface area (Å²) in [5, 5.41) is 16.4. The second-order valence-electron chi connectivity index (χ2n) is 9.92. The Labute approximate surface area is 234 Å². The van der Waals surface area contributed by atoms with Crippen molar-refractivity contribution in [1.29, 1.82) is 0 Å². The second kappa shape index (κ2) is 13.6. The Balaban J connectivity index is 1.33. The maximum absolute atomic E-state index is 13.2. The molecular weight excluding hydrogens is 506 g/mol. The lowest BCUT2D eigenvalue weighted by molar-refractivity contribution is -0.122. The van der Waals surface area contributed by atoms with E-state index in [1.165, 1.54) is 0 Å². The van der Waals surface area contributed by atoms with E-state index in [0.29, 0.717) is 18.7 Å². The summed E-state index contributed by atoms with van der Waals surface area (Å²) in [6.07, 6.45) is 3.73. The highest BCUT2D eigenvalue weighted by atomic mass is 16.5. The first-order chi connectivity index (χ1) is 19.4. The van der Waals surface area contributed by atoms with Gasteiger partial charge >= 0.3 is 0 Å². The summed E-state index contributed by atoms with van der Waals surface area (Å²) in [5.41, 5.74) is 4.21. The van der Waals surface area contributed by atoms with Crippen molar-refractivity contribution in [2.45, 2.75) is 45.1 Å². The van der Waals surface area contributed by atoms with Crippen LogP contribution in [0.2, 0.25) is 0 Å². The van der Waals surface area contributed by atoms with Crippen molar-refractivity contribution >= 4 is 22.7 Å². The van der Waals surface area contributed by atoms with Crippen molar-refractivity contribution in [3.8, 4) is 17.2 Å². The van der Waals surface area contributed by atoms with E-state index in [-0.39, 0.29) is 17.6 Å². The van der Waals surface area contributed by atoms with Crippen LogP contribution >= 0.6 is 0 Å². The first-order valence-electron chi connectivity index (χ1n) is 13.5. The summed E-state index contributed by atoms with van der Waals surface area (Å²) in [6, 6.07) is 19.3. The number of aromatic nitrogens is 1. The van der Waals surface area contributed by atoms with Gasteiger partial charge in [0.15, 0.2) is 0 Å². The number of nitrogens with one attached hydrogen (secondary N) is 3. The van der Waals surface area contributed by atoms with Crippen molar-refractivity contribution in [1.82, 2.24) is 15.6 Å². The van der Waals surface area contributed by atoms with Crippen LogP contribution in [0.3, 0.4) is 0 Å². The topological polar surface area (TPSA) is 113 Å². The molecule has 3 aromatic carbocycles. The van der Waals surface area contributed by atoms with Gasteiger partial charge < -0.3 is 30.2 Å². The Kier molecular flexibility index (Phi) is 9.67. The fourth-order valence-electron chi connectivity index (χ4n) is 4.81. The first kappa shape index (κ1) is 28.5. The molecule has 8 heteroatoms. The Bertz CT molecular complexity index is 1390. The van der Waals surface area contributed by atoms with E-state index in [4.69, 9.17) is 9.47 Å². The lowest BCUT2D eigenvalue weighted by Crippen LogP contribution is -2.48. The number of aromatic hydroxyl groups is 1. The van der Waals surface area contributed by atoms with E-state index in [9.17, 15) is 14.7 Å². The van der Waals surface area contributed by atoms with E-state index >= 15 is 0 Å². The number of benzene rings is 3. The molecule has 4 aromatic rings. The third-order valence-corrected chi connectivity index (χ3v) is 6.93. The fraction of sp³-hybridized carbons (Fsp3) is 0.312. The Morgan fingerprint density at radius 3 is 2.30 bits per heavy atom. The van der Waals surface area contributed by atoms with Gasteiger partial charge in [-0.15, -0.1) is 0 Å². The minimum atomic E-state index is -0.774. The monoisotopic (exact) mass is 543 g/mol. The molecule has 0 radical (unpaired) electrons. The summed E-state index contributed by atoms with van der Waals surface area (Å²) < 4.78 is 11.1. The highest BCUT2D eigenvalue weighted by molar-refractivity contribution is 6.00. The molecule has 0 spiro atoms. The first-order valence-corrected chi connectivity index (χ1v) is 13.5. The van der Waals surface area contributed by atoms with Crippen LogP contribution in [-0.4, -0.2) is 48.7 Å². The van der Waals surface area contributed by atoms with Crippen LogP contribution in [0, 0.1) is 6.92 Å². The van der Waals surface area contributed by atoms with Crippen LogP contribution in [0.15, 0.2) is 66.7 Å². The maximum Gasteiger partial charge on any atom is 0.268 e. The number of phenols is 1. The summed E-state index contributed by atoms with van der Waals surface area (Å²) >= 11 is 0. The zero-order chi connectivity index (χ0) is 28.5. The van der Waals surface area contributed by atoms with Crippen molar-refractivity contribution < 1.29 is 24.2 Å². The normalized spacial score (nSPS) is 11.7. The van der Waals surface area contributed by atoms with E-state index < -0.39 is 6.04 Å². The lowest BCUT2D eigenvalue weighted by Gasteiger charge is -2.19. The standard InChI is InChI=1S/C32H37N3O5/c1-21-17-29(39-2)25(30(18-21)40-3)10-5-4-8-16-33-31(37)27(19-22-12-14-24(36)15-13-22)35-32(38)28-20-23-9-6-7-11-26(23)34-28/h6-7,9,11-15,17-18,20,27,34,36H,4-5,8,10,16,19H2,1-3H3,(H,33,37)(H,35,38)/t27-/m1/s1. The molecule has 0 unspecified atom stereocenters. The largest absolute Gasteiger partial charge is 0.508 e. The average Bonchev–Trinajstić information content (AvgIpc) is 3.40. The molecular formula is C32H37N3O5. The third-order valence-electron chi connectivity index (χ3n) is 6.93. The lowest BCUT2D eigenvalue weighted by atomic mass is 10.0. The van der Waals surface area contributed by atoms with E-state index in [0.717, 1.165) is 64.8 Å². The predicted octanol–water partition coefficient (Wildman–Crippen LogP) is 5.07. The Hall–Kier alpha value is -4.46. The minimum Gasteiger partial charge on any atom is -0.508 e. The van der Waals surface area contributed by atoms with Gasteiger partial charge in [0.2, 0.25) is 5.91 Å². The van der Waals surface area contributed by atoms with Crippen LogP contribution in [0.25, 0.3) is 10.9 Å². The van der Waals surface area contributed by atoms with Crippen LogP contribution in [-0.2, 0) is 17.6 Å². The smallest absolute Gasteiger partial charge is 0.268 e. The van der Waals surface area contributed by atoms with Crippen LogP contribution in [0.5, 0.6) is 17.2 Å². The van der Waals surface area contributed by atoms with E-state index in [1.54, 1.807) is 44.6 Å². The summed E-state index contributed by atoms with van der Waals surface area (Å²) in [6.45, 7) is 2.50. The van der Waals surface area contributed by atoms with Gasteiger partial charge in [0.25, 0.3) is 5.91 Å². The number of para-hydroxylation sites is 1. The number of hydrogen-bond acceptors (Lipinski definition) is 5. The SMILES string of the molecule is COc1cc(C)cc(OC)c1CCCCCNC(=O)[C@@H](Cc1ccc(O)cc1)NC(=O)c1cc2ccccc2[nH]1. The zero-order valence-corrected chi connectivity index (χ0v) is 23.3. The molecule has 210 valence electrons. The molecule has 0 saturated carbocycles. The van der Waals surface area contributed by atoms with Crippen molar-refractivity contribution in [3.63, 3.8) is 0 Å². The molecule has 8 nitrogen and oxygen atoms in total. The highest BCUT2D eigenvalue weighted by Gasteiger charge is 2.23. The number of amides is 2. The molecule has 0 aliphatic rings. The maximum atomic E-state index is 13.2. The highest BCUT2D eigenvalue weighted by Crippen LogP contribution is 2.31. The number of H-pyrrole nitrogens is 1. The molecule has 0 aliphatic carbocycles. The van der Waals surface area contributed by atoms with Gasteiger partial charge in [-0.05, 0) is 73.7 Å². The van der Waals surface area contributed by atoms with Crippen LogP contribution in [0.1, 0.15) is 46.4 Å². The summed E-state index contributed by atoms with van der Waals surface area (Å²) in [5.74, 6) is 1.20. The number of phenolic OH excluding ortho intramolecular Hbond substituents is 1. The van der Waals surface area contributed by atoms with Crippen LogP contribution in [0.4, 0.5) is 0 Å². The molecule has 0 aliphatic heterocycles. The number of carbonyl (C=O) groups is 2. The summed E-state index contributed by atoms with van der Waals surface area (Å²) in [4.78, 5) is 29.4. The number of aromatic amines is 1. The van der Waals surface area contributed by atoms with Gasteiger partial charge in [-0.25, -0.2) is 0 Å². The minimum absolute atomic E-state index is 0.146. The molecule has 4 rings (SSSR count). The molecule has 4 N–H and O–H groups in total. The molecule has 0 fully saturated rings. The quantitative estimate of drug-likeness (QED) is 0.176. The van der Waals surface area contributed by atoms with Crippen molar-refractivity contribution in [2.24, 2.45) is 0 Å². The molecule has 1 heterocycles. The van der Waals surface area contributed by atoms with E-state index in [1.807, 2.05) is 43.3 Å². The zero-order valence-electron chi connectivity index (χ0n) is 23.3. The molecule has 0 saturated heterocycles. The van der Waals surface area contributed by atoms with E-state index in [2.05, 4.69) is 15.6 Å². The Morgan fingerprint density at radius 1 is 0.925 bits per heavy atom. The molecule has 40 heavy (non-hydrogen) atoms. The molecule has 0 bridgehead atoms. The molecule has 2 amide bonds. The van der Waals surface area contributed by atoms with Gasteiger partial charge in [0.05, 0.1) is 14.2 Å². The van der Waals surface area contributed by atoms with Gasteiger partial charge in [0, 0.05) is 29.4 Å². The molecule has 1 aromatic heterocycles. The average molecular weight is 544 g/mol. The van der Waals surface area contributed by atoms with Crippen molar-refractivity contribution in [3.05, 3.63) is 89.1 Å². The number of rotatable bonds is 13.